The Labute approximate surface area is 173 Å². The molecule has 0 N–H and O–H groups in total. The number of ether oxygens (including phenoxy) is 1. The van der Waals surface area contributed by atoms with Gasteiger partial charge >= 0.3 is 0 Å². The van der Waals surface area contributed by atoms with Gasteiger partial charge in [-0.2, -0.15) is 0 Å². The Morgan fingerprint density at radius 1 is 0.933 bits per heavy atom. The zero-order chi connectivity index (χ0) is 20.5. The van der Waals surface area contributed by atoms with Gasteiger partial charge in [0.2, 0.25) is 0 Å². The SMILES string of the molecule is O=c1c2cc3c(=O)n(C[C@H]4CCCO4)ccc3nc2ccn1CCc1ccccc1. The summed E-state index contributed by atoms with van der Waals surface area (Å²) in [6.45, 7) is 1.86. The lowest BCUT2D eigenvalue weighted by Crippen LogP contribution is -2.26. The average Bonchev–Trinajstić information content (AvgIpc) is 3.29. The number of aromatic nitrogens is 3. The normalized spacial score (nSPS) is 16.5. The summed E-state index contributed by atoms with van der Waals surface area (Å²) < 4.78 is 9.02. The third-order valence-corrected chi connectivity index (χ3v) is 5.80. The Hall–Kier alpha value is -3.25. The van der Waals surface area contributed by atoms with Gasteiger partial charge in [0, 0.05) is 25.5 Å². The lowest BCUT2D eigenvalue weighted by atomic mass is 10.1. The van der Waals surface area contributed by atoms with Crippen LogP contribution in [0.3, 0.4) is 0 Å². The first-order valence-electron chi connectivity index (χ1n) is 10.4. The van der Waals surface area contributed by atoms with Crippen LogP contribution in [-0.4, -0.2) is 26.8 Å². The van der Waals surface area contributed by atoms with Crippen molar-refractivity contribution in [1.82, 2.24) is 14.1 Å². The Morgan fingerprint density at radius 2 is 1.63 bits per heavy atom. The van der Waals surface area contributed by atoms with Crippen LogP contribution in [0.25, 0.3) is 21.8 Å². The summed E-state index contributed by atoms with van der Waals surface area (Å²) in [6, 6.07) is 15.5. The smallest absolute Gasteiger partial charge is 0.260 e. The second kappa shape index (κ2) is 7.88. The zero-order valence-corrected chi connectivity index (χ0v) is 16.7. The molecule has 1 aromatic carbocycles. The van der Waals surface area contributed by atoms with Crippen LogP contribution in [0, 0.1) is 0 Å². The van der Waals surface area contributed by atoms with Crippen molar-refractivity contribution in [2.75, 3.05) is 6.61 Å². The fraction of sp³-hybridized carbons (Fsp3) is 0.292. The van der Waals surface area contributed by atoms with Gasteiger partial charge in [-0.1, -0.05) is 30.3 Å². The highest BCUT2D eigenvalue weighted by Crippen LogP contribution is 2.17. The van der Waals surface area contributed by atoms with E-state index in [-0.39, 0.29) is 17.2 Å². The summed E-state index contributed by atoms with van der Waals surface area (Å²) in [5.74, 6) is 0. The second-order valence-corrected chi connectivity index (χ2v) is 7.81. The highest BCUT2D eigenvalue weighted by Gasteiger charge is 2.17. The minimum Gasteiger partial charge on any atom is -0.376 e. The van der Waals surface area contributed by atoms with Gasteiger partial charge in [0.1, 0.15) is 0 Å². The number of rotatable bonds is 5. The number of hydrogen-bond acceptors (Lipinski definition) is 4. The predicted molar refractivity (Wildman–Crippen MR) is 117 cm³/mol. The molecule has 4 heterocycles. The largest absolute Gasteiger partial charge is 0.376 e. The fourth-order valence-electron chi connectivity index (χ4n) is 4.13. The minimum atomic E-state index is -0.128. The number of pyridine rings is 3. The van der Waals surface area contributed by atoms with Gasteiger partial charge in [-0.25, -0.2) is 4.98 Å². The van der Waals surface area contributed by atoms with E-state index in [1.807, 2.05) is 30.3 Å². The molecule has 1 aliphatic heterocycles. The Bertz CT molecular complexity index is 1320. The molecular formula is C24H23N3O3. The predicted octanol–water partition coefficient (Wildman–Crippen LogP) is 3.13. The molecule has 3 aromatic heterocycles. The summed E-state index contributed by atoms with van der Waals surface area (Å²) in [5, 5.41) is 0.950. The van der Waals surface area contributed by atoms with Gasteiger partial charge < -0.3 is 13.9 Å². The van der Waals surface area contributed by atoms with E-state index >= 15 is 0 Å². The highest BCUT2D eigenvalue weighted by atomic mass is 16.5. The lowest BCUT2D eigenvalue weighted by molar-refractivity contribution is 0.0963. The van der Waals surface area contributed by atoms with Crippen molar-refractivity contribution in [3.63, 3.8) is 0 Å². The molecule has 0 spiro atoms. The summed E-state index contributed by atoms with van der Waals surface area (Å²) in [7, 11) is 0. The molecule has 152 valence electrons. The van der Waals surface area contributed by atoms with E-state index in [4.69, 9.17) is 4.74 Å². The molecule has 6 nitrogen and oxygen atoms in total. The quantitative estimate of drug-likeness (QED) is 0.482. The first kappa shape index (κ1) is 18.8. The van der Waals surface area contributed by atoms with E-state index in [0.717, 1.165) is 25.9 Å². The van der Waals surface area contributed by atoms with Gasteiger partial charge in [0.05, 0.1) is 34.5 Å². The minimum absolute atomic E-state index is 0.0729. The maximum atomic E-state index is 13.1. The molecule has 1 fully saturated rings. The third-order valence-electron chi connectivity index (χ3n) is 5.80. The van der Waals surface area contributed by atoms with Gasteiger partial charge in [-0.05, 0) is 43.0 Å². The summed E-state index contributed by atoms with van der Waals surface area (Å²) in [6.07, 6.45) is 6.39. The van der Waals surface area contributed by atoms with Crippen LogP contribution < -0.4 is 11.1 Å². The molecule has 0 radical (unpaired) electrons. The average molecular weight is 401 g/mol. The van der Waals surface area contributed by atoms with E-state index < -0.39 is 0 Å². The number of benzene rings is 1. The van der Waals surface area contributed by atoms with Gasteiger partial charge in [0.25, 0.3) is 11.1 Å². The van der Waals surface area contributed by atoms with Crippen LogP contribution in [0.4, 0.5) is 0 Å². The van der Waals surface area contributed by atoms with Crippen molar-refractivity contribution >= 4 is 21.8 Å². The zero-order valence-electron chi connectivity index (χ0n) is 16.7. The van der Waals surface area contributed by atoms with Crippen molar-refractivity contribution in [1.29, 1.82) is 0 Å². The van der Waals surface area contributed by atoms with Crippen LogP contribution in [0.1, 0.15) is 18.4 Å². The second-order valence-electron chi connectivity index (χ2n) is 7.81. The Morgan fingerprint density at radius 3 is 2.33 bits per heavy atom. The van der Waals surface area contributed by atoms with E-state index in [1.54, 1.807) is 27.6 Å². The number of nitrogens with zero attached hydrogens (tertiary/aromatic N) is 3. The summed E-state index contributed by atoms with van der Waals surface area (Å²) in [5.41, 5.74) is 2.15. The maximum Gasteiger partial charge on any atom is 0.260 e. The first-order valence-corrected chi connectivity index (χ1v) is 10.4. The summed E-state index contributed by atoms with van der Waals surface area (Å²) >= 11 is 0. The molecular weight excluding hydrogens is 378 g/mol. The van der Waals surface area contributed by atoms with Crippen LogP contribution in [0.2, 0.25) is 0 Å². The van der Waals surface area contributed by atoms with Gasteiger partial charge in [-0.3, -0.25) is 9.59 Å². The third kappa shape index (κ3) is 3.55. The van der Waals surface area contributed by atoms with Crippen molar-refractivity contribution in [3.8, 4) is 0 Å². The van der Waals surface area contributed by atoms with E-state index in [2.05, 4.69) is 17.1 Å². The van der Waals surface area contributed by atoms with Crippen molar-refractivity contribution in [2.24, 2.45) is 0 Å². The molecule has 0 saturated carbocycles. The Kier molecular flexibility index (Phi) is 4.93. The van der Waals surface area contributed by atoms with Crippen LogP contribution in [0.5, 0.6) is 0 Å². The van der Waals surface area contributed by atoms with E-state index in [9.17, 15) is 9.59 Å². The fourth-order valence-corrected chi connectivity index (χ4v) is 4.13. The topological polar surface area (TPSA) is 66.1 Å². The molecule has 30 heavy (non-hydrogen) atoms. The van der Waals surface area contributed by atoms with E-state index in [1.165, 1.54) is 5.56 Å². The number of aryl methyl sites for hydroxylation is 2. The molecule has 0 bridgehead atoms. The molecule has 6 heteroatoms. The van der Waals surface area contributed by atoms with E-state index in [0.29, 0.717) is 34.9 Å². The van der Waals surface area contributed by atoms with Crippen LogP contribution >= 0.6 is 0 Å². The molecule has 4 aromatic rings. The standard InChI is InChI=1S/C24H23N3O3/c28-23-19-15-20-22(10-13-27(24(20)29)16-18-7-4-14-30-18)25-21(19)9-12-26(23)11-8-17-5-2-1-3-6-17/h1-3,5-6,9-10,12-13,15,18H,4,7-8,11,14,16H2/t18-/m1/s1. The molecule has 0 amide bonds. The van der Waals surface area contributed by atoms with Gasteiger partial charge in [0.15, 0.2) is 0 Å². The summed E-state index contributed by atoms with van der Waals surface area (Å²) in [4.78, 5) is 30.7. The van der Waals surface area contributed by atoms with Crippen molar-refractivity contribution in [2.45, 2.75) is 38.5 Å². The maximum absolute atomic E-state index is 13.1. The first-order chi connectivity index (χ1) is 14.7. The van der Waals surface area contributed by atoms with Crippen LogP contribution in [-0.2, 0) is 24.2 Å². The Balaban J connectivity index is 1.52. The van der Waals surface area contributed by atoms with Crippen molar-refractivity contribution < 1.29 is 4.74 Å². The monoisotopic (exact) mass is 401 g/mol. The number of fused-ring (bicyclic) bond motifs is 2. The molecule has 1 aliphatic rings. The molecule has 1 saturated heterocycles. The number of hydrogen-bond donors (Lipinski definition) is 0. The van der Waals surface area contributed by atoms with Crippen LogP contribution in [0.15, 0.2) is 70.5 Å². The molecule has 1 atom stereocenters. The molecule has 0 aliphatic carbocycles. The van der Waals surface area contributed by atoms with Gasteiger partial charge in [-0.15, -0.1) is 0 Å². The molecule has 5 rings (SSSR count). The lowest BCUT2D eigenvalue weighted by Gasteiger charge is -2.13. The van der Waals surface area contributed by atoms with Crippen molar-refractivity contribution in [3.05, 3.63) is 87.2 Å². The molecule has 0 unspecified atom stereocenters. The highest BCUT2D eigenvalue weighted by molar-refractivity contribution is 5.91.